The zero-order chi connectivity index (χ0) is 26.9. The standard InChI is InChI=1S/C27H33F6N3O/c1-24(27(31,32)33)17-19(15-21(18-24)26(28,29)30)16-23(37)35-25(20-5-3-2-4-6-20)9-7-22(8-10-25)36-13-11-34-12-14-36/h2-6,15,18,22,34H,7-14,16-17H2,1H3,(H,35,37)/t22?,24-,25?/m0/s1. The highest BCUT2D eigenvalue weighted by molar-refractivity contribution is 5.80. The number of nitrogens with zero attached hydrogens (tertiary/aromatic N) is 1. The second-order valence-electron chi connectivity index (χ2n) is 10.7. The summed E-state index contributed by atoms with van der Waals surface area (Å²) < 4.78 is 81.4. The molecule has 4 rings (SSSR count). The van der Waals surface area contributed by atoms with Crippen molar-refractivity contribution in [1.29, 1.82) is 0 Å². The number of amides is 1. The number of benzene rings is 1. The first kappa shape index (κ1) is 27.7. The van der Waals surface area contributed by atoms with E-state index in [1.807, 2.05) is 30.3 Å². The van der Waals surface area contributed by atoms with Crippen LogP contribution < -0.4 is 10.6 Å². The lowest BCUT2D eigenvalue weighted by Crippen LogP contribution is -2.54. The van der Waals surface area contributed by atoms with E-state index in [4.69, 9.17) is 0 Å². The molecular formula is C27H33F6N3O. The van der Waals surface area contributed by atoms with Gasteiger partial charge in [-0.3, -0.25) is 9.69 Å². The van der Waals surface area contributed by atoms with Crippen LogP contribution in [0.3, 0.4) is 0 Å². The number of alkyl halides is 6. The van der Waals surface area contributed by atoms with Crippen molar-refractivity contribution in [2.24, 2.45) is 5.41 Å². The monoisotopic (exact) mass is 529 g/mol. The quantitative estimate of drug-likeness (QED) is 0.487. The van der Waals surface area contributed by atoms with Crippen LogP contribution in [0.1, 0.15) is 51.0 Å². The average Bonchev–Trinajstić information content (AvgIpc) is 2.84. The van der Waals surface area contributed by atoms with Crippen LogP contribution in [-0.4, -0.2) is 55.4 Å². The Bertz CT molecular complexity index is 1020. The van der Waals surface area contributed by atoms with Crippen LogP contribution in [0.15, 0.2) is 53.6 Å². The number of allylic oxidation sites excluding steroid dienone is 3. The van der Waals surface area contributed by atoms with E-state index in [1.54, 1.807) is 0 Å². The molecule has 10 heteroatoms. The minimum atomic E-state index is -4.94. The average molecular weight is 530 g/mol. The summed E-state index contributed by atoms with van der Waals surface area (Å²) in [6.45, 7) is 4.51. The van der Waals surface area contributed by atoms with Gasteiger partial charge in [0.05, 0.1) is 16.5 Å². The van der Waals surface area contributed by atoms with Crippen molar-refractivity contribution in [2.45, 2.75) is 69.4 Å². The smallest absolute Gasteiger partial charge is 0.346 e. The number of hydrogen-bond donors (Lipinski definition) is 2. The molecular weight excluding hydrogens is 496 g/mol. The van der Waals surface area contributed by atoms with E-state index in [1.165, 1.54) is 0 Å². The first-order chi connectivity index (χ1) is 17.3. The Labute approximate surface area is 213 Å². The number of nitrogens with one attached hydrogen (secondary N) is 2. The van der Waals surface area contributed by atoms with Crippen molar-refractivity contribution in [3.63, 3.8) is 0 Å². The van der Waals surface area contributed by atoms with E-state index in [0.717, 1.165) is 51.5 Å². The fourth-order valence-corrected chi connectivity index (χ4v) is 5.91. The molecule has 2 fully saturated rings. The summed E-state index contributed by atoms with van der Waals surface area (Å²) in [7, 11) is 0. The minimum Gasteiger partial charge on any atom is -0.346 e. The Balaban J connectivity index is 1.52. The van der Waals surface area contributed by atoms with Crippen LogP contribution in [-0.2, 0) is 10.3 Å². The van der Waals surface area contributed by atoms with Gasteiger partial charge in [0.2, 0.25) is 5.91 Å². The first-order valence-corrected chi connectivity index (χ1v) is 12.7. The molecule has 1 aliphatic heterocycles. The zero-order valence-electron chi connectivity index (χ0n) is 20.8. The van der Waals surface area contributed by atoms with Gasteiger partial charge in [-0.25, -0.2) is 0 Å². The van der Waals surface area contributed by atoms with Gasteiger partial charge in [-0.15, -0.1) is 0 Å². The molecule has 37 heavy (non-hydrogen) atoms. The van der Waals surface area contributed by atoms with Gasteiger partial charge >= 0.3 is 12.4 Å². The van der Waals surface area contributed by atoms with Gasteiger partial charge in [-0.05, 0) is 44.6 Å². The highest BCUT2D eigenvalue weighted by Crippen LogP contribution is 2.50. The van der Waals surface area contributed by atoms with E-state index >= 15 is 0 Å². The third-order valence-corrected chi connectivity index (χ3v) is 7.97. The number of hydrogen-bond acceptors (Lipinski definition) is 3. The molecule has 204 valence electrons. The molecule has 0 bridgehead atoms. The maximum Gasteiger partial charge on any atom is 0.416 e. The normalized spacial score (nSPS) is 29.9. The Morgan fingerprint density at radius 2 is 1.68 bits per heavy atom. The second-order valence-corrected chi connectivity index (χ2v) is 10.7. The first-order valence-electron chi connectivity index (χ1n) is 12.7. The zero-order valence-corrected chi connectivity index (χ0v) is 20.8. The molecule has 1 saturated heterocycles. The molecule has 2 aliphatic carbocycles. The van der Waals surface area contributed by atoms with Crippen LogP contribution in [0.25, 0.3) is 0 Å². The molecule has 1 heterocycles. The largest absolute Gasteiger partial charge is 0.416 e. The second kappa shape index (κ2) is 10.4. The molecule has 4 nitrogen and oxygen atoms in total. The molecule has 0 unspecified atom stereocenters. The summed E-state index contributed by atoms with van der Waals surface area (Å²) in [4.78, 5) is 15.7. The maximum atomic E-state index is 13.7. The van der Waals surface area contributed by atoms with Gasteiger partial charge in [0, 0.05) is 38.6 Å². The van der Waals surface area contributed by atoms with Gasteiger partial charge in [0.1, 0.15) is 0 Å². The third-order valence-electron chi connectivity index (χ3n) is 7.97. The van der Waals surface area contributed by atoms with Crippen molar-refractivity contribution < 1.29 is 31.1 Å². The van der Waals surface area contributed by atoms with Crippen LogP contribution >= 0.6 is 0 Å². The molecule has 1 aromatic carbocycles. The van der Waals surface area contributed by atoms with Crippen molar-refractivity contribution in [3.8, 4) is 0 Å². The fourth-order valence-electron chi connectivity index (χ4n) is 5.91. The number of carbonyl (C=O) groups is 1. The molecule has 1 amide bonds. The third kappa shape index (κ3) is 6.22. The lowest BCUT2D eigenvalue weighted by atomic mass is 9.73. The van der Waals surface area contributed by atoms with Gasteiger partial charge in [0.15, 0.2) is 0 Å². The SMILES string of the molecule is C[C@@]1(C(F)(F)F)C=C(C(F)(F)F)C=C(CC(=O)NC2(c3ccccc3)CCC(N3CCNCC3)CC2)C1. The van der Waals surface area contributed by atoms with Gasteiger partial charge in [-0.1, -0.05) is 48.1 Å². The highest BCUT2D eigenvalue weighted by atomic mass is 19.4. The molecule has 1 aromatic rings. The van der Waals surface area contributed by atoms with Gasteiger partial charge in [-0.2, -0.15) is 26.3 Å². The molecule has 0 aromatic heterocycles. The fraction of sp³-hybridized carbons (Fsp3) is 0.593. The predicted octanol–water partition coefficient (Wildman–Crippen LogP) is 5.62. The summed E-state index contributed by atoms with van der Waals surface area (Å²) in [5, 5.41) is 6.39. The van der Waals surface area contributed by atoms with Crippen molar-refractivity contribution in [3.05, 3.63) is 59.2 Å². The van der Waals surface area contributed by atoms with E-state index < -0.39 is 47.6 Å². The van der Waals surface area contributed by atoms with E-state index in [9.17, 15) is 31.1 Å². The minimum absolute atomic E-state index is 0.176. The number of carbonyl (C=O) groups excluding carboxylic acids is 1. The summed E-state index contributed by atoms with van der Waals surface area (Å²) in [6.07, 6.45) is -7.14. The molecule has 2 N–H and O–H groups in total. The van der Waals surface area contributed by atoms with Crippen LogP contribution in [0.2, 0.25) is 0 Å². The predicted molar refractivity (Wildman–Crippen MR) is 129 cm³/mol. The Morgan fingerprint density at radius 1 is 1.05 bits per heavy atom. The molecule has 1 atom stereocenters. The van der Waals surface area contributed by atoms with Crippen LogP contribution in [0.5, 0.6) is 0 Å². The van der Waals surface area contributed by atoms with Crippen molar-refractivity contribution in [2.75, 3.05) is 26.2 Å². The summed E-state index contributed by atoms with van der Waals surface area (Å²) in [5.41, 5.74) is -4.05. The summed E-state index contributed by atoms with van der Waals surface area (Å²) in [5.74, 6) is -0.566. The van der Waals surface area contributed by atoms with Crippen molar-refractivity contribution in [1.82, 2.24) is 15.5 Å². The van der Waals surface area contributed by atoms with E-state index in [2.05, 4.69) is 15.5 Å². The maximum absolute atomic E-state index is 13.7. The summed E-state index contributed by atoms with van der Waals surface area (Å²) in [6, 6.07) is 9.80. The Hall–Kier alpha value is -2.33. The van der Waals surface area contributed by atoms with Crippen molar-refractivity contribution >= 4 is 5.91 Å². The lowest BCUT2D eigenvalue weighted by molar-refractivity contribution is -0.201. The van der Waals surface area contributed by atoms with Crippen LogP contribution in [0.4, 0.5) is 26.3 Å². The molecule has 0 radical (unpaired) electrons. The van der Waals surface area contributed by atoms with Gasteiger partial charge in [0.25, 0.3) is 0 Å². The number of halogens is 6. The topological polar surface area (TPSA) is 44.4 Å². The van der Waals surface area contributed by atoms with Gasteiger partial charge < -0.3 is 10.6 Å². The van der Waals surface area contributed by atoms with E-state index in [0.29, 0.717) is 25.0 Å². The molecule has 0 spiro atoms. The van der Waals surface area contributed by atoms with E-state index in [-0.39, 0.29) is 11.6 Å². The number of rotatable bonds is 5. The molecule has 3 aliphatic rings. The Morgan fingerprint density at radius 3 is 2.24 bits per heavy atom. The number of piperazine rings is 1. The molecule has 1 saturated carbocycles. The Kier molecular flexibility index (Phi) is 7.82. The highest BCUT2D eigenvalue weighted by Gasteiger charge is 2.53. The lowest BCUT2D eigenvalue weighted by Gasteiger charge is -2.45. The van der Waals surface area contributed by atoms with Crippen LogP contribution in [0, 0.1) is 5.41 Å². The summed E-state index contributed by atoms with van der Waals surface area (Å²) >= 11 is 0.